The highest BCUT2D eigenvalue weighted by Crippen LogP contribution is 1.98. The maximum absolute atomic E-state index is 10.5. The van der Waals surface area contributed by atoms with Crippen LogP contribution in [0, 0.1) is 0 Å². The predicted molar refractivity (Wildman–Crippen MR) is 41.9 cm³/mol. The summed E-state index contributed by atoms with van der Waals surface area (Å²) in [4.78, 5) is 0. The zero-order valence-electron chi connectivity index (χ0n) is 7.03. The molecule has 0 heterocycles. The Balaban J connectivity index is 3.69. The third-order valence-corrected chi connectivity index (χ3v) is 1.82. The topological polar surface area (TPSA) is 52.6 Å². The normalized spacial score (nSPS) is 14.8. The van der Waals surface area contributed by atoms with Gasteiger partial charge in [0.25, 0.3) is 10.1 Å². The Hall–Kier alpha value is -0.130. The van der Waals surface area contributed by atoms with Crippen molar-refractivity contribution in [1.29, 1.82) is 0 Å². The molecule has 11 heavy (non-hydrogen) atoms. The van der Waals surface area contributed by atoms with Crippen molar-refractivity contribution >= 4 is 10.1 Å². The molecule has 0 saturated heterocycles. The van der Waals surface area contributed by atoms with Crippen LogP contribution in [0.15, 0.2) is 0 Å². The highest BCUT2D eigenvalue weighted by atomic mass is 32.2. The van der Waals surface area contributed by atoms with E-state index in [1.165, 1.54) is 7.11 Å². The average molecular weight is 182 g/mol. The first-order valence-corrected chi connectivity index (χ1v) is 5.18. The number of rotatable bonds is 5. The summed E-state index contributed by atoms with van der Waals surface area (Å²) in [5.74, 6) is 0. The van der Waals surface area contributed by atoms with E-state index in [2.05, 4.69) is 4.18 Å². The molecule has 0 saturated carbocycles. The molecule has 0 N–H and O–H groups in total. The Kier molecular flexibility index (Phi) is 4.63. The van der Waals surface area contributed by atoms with Crippen molar-refractivity contribution in [3.63, 3.8) is 0 Å². The number of ether oxygens (including phenoxy) is 1. The summed E-state index contributed by atoms with van der Waals surface area (Å²) in [5, 5.41) is 0. The molecule has 1 atom stereocenters. The Morgan fingerprint density at radius 3 is 2.27 bits per heavy atom. The van der Waals surface area contributed by atoms with Crippen molar-refractivity contribution in [3.8, 4) is 0 Å². The van der Waals surface area contributed by atoms with Gasteiger partial charge in [-0.15, -0.1) is 0 Å². The Morgan fingerprint density at radius 2 is 2.00 bits per heavy atom. The van der Waals surface area contributed by atoms with Gasteiger partial charge in [-0.1, -0.05) is 6.92 Å². The summed E-state index contributed by atoms with van der Waals surface area (Å²) in [6, 6.07) is 0. The SMILES string of the molecule is CCC(COS(C)(=O)=O)OC. The van der Waals surface area contributed by atoms with Crippen molar-refractivity contribution in [2.24, 2.45) is 0 Å². The van der Waals surface area contributed by atoms with E-state index in [9.17, 15) is 8.42 Å². The van der Waals surface area contributed by atoms with Gasteiger partial charge in [-0.05, 0) is 6.42 Å². The molecule has 0 bridgehead atoms. The lowest BCUT2D eigenvalue weighted by Crippen LogP contribution is -2.19. The molecule has 0 spiro atoms. The Morgan fingerprint density at radius 1 is 1.45 bits per heavy atom. The van der Waals surface area contributed by atoms with Crippen LogP contribution >= 0.6 is 0 Å². The molecule has 4 nitrogen and oxygen atoms in total. The van der Waals surface area contributed by atoms with E-state index < -0.39 is 10.1 Å². The van der Waals surface area contributed by atoms with Crippen molar-refractivity contribution in [3.05, 3.63) is 0 Å². The smallest absolute Gasteiger partial charge is 0.264 e. The van der Waals surface area contributed by atoms with E-state index in [0.29, 0.717) is 0 Å². The summed E-state index contributed by atoms with van der Waals surface area (Å²) in [5.41, 5.74) is 0. The highest BCUT2D eigenvalue weighted by molar-refractivity contribution is 7.85. The standard InChI is InChI=1S/C6H14O4S/c1-4-6(9-2)5-10-11(3,7)8/h6H,4-5H2,1-3H3. The summed E-state index contributed by atoms with van der Waals surface area (Å²) < 4.78 is 30.4. The molecule has 1 unspecified atom stereocenters. The number of hydrogen-bond donors (Lipinski definition) is 0. The lowest BCUT2D eigenvalue weighted by molar-refractivity contribution is 0.0581. The minimum atomic E-state index is -3.32. The van der Waals surface area contributed by atoms with Crippen molar-refractivity contribution in [2.45, 2.75) is 19.4 Å². The molecule has 0 amide bonds. The lowest BCUT2D eigenvalue weighted by atomic mass is 10.3. The third-order valence-electron chi connectivity index (χ3n) is 1.26. The second-order valence-electron chi connectivity index (χ2n) is 2.25. The first-order valence-electron chi connectivity index (χ1n) is 3.36. The third kappa shape index (κ3) is 6.28. The number of hydrogen-bond acceptors (Lipinski definition) is 4. The fourth-order valence-electron chi connectivity index (χ4n) is 0.552. The van der Waals surface area contributed by atoms with Crippen molar-refractivity contribution < 1.29 is 17.3 Å². The Bertz CT molecular complexity index is 181. The first-order chi connectivity index (χ1) is 4.99. The lowest BCUT2D eigenvalue weighted by Gasteiger charge is -2.11. The van der Waals surface area contributed by atoms with Crippen LogP contribution in [0.4, 0.5) is 0 Å². The van der Waals surface area contributed by atoms with Crippen LogP contribution in [-0.4, -0.2) is 34.5 Å². The zero-order valence-corrected chi connectivity index (χ0v) is 7.85. The predicted octanol–water partition coefficient (Wildman–Crippen LogP) is 0.388. The second kappa shape index (κ2) is 4.69. The summed E-state index contributed by atoms with van der Waals surface area (Å²) in [6.07, 6.45) is 1.63. The minimum Gasteiger partial charge on any atom is -0.379 e. The van der Waals surface area contributed by atoms with Crippen LogP contribution in [0.2, 0.25) is 0 Å². The molecular weight excluding hydrogens is 168 g/mol. The van der Waals surface area contributed by atoms with Crippen molar-refractivity contribution in [2.75, 3.05) is 20.0 Å². The first kappa shape index (κ1) is 10.9. The molecule has 0 aromatic rings. The molecule has 68 valence electrons. The van der Waals surface area contributed by atoms with Gasteiger partial charge in [0.15, 0.2) is 0 Å². The van der Waals surface area contributed by atoms with E-state index in [0.717, 1.165) is 12.7 Å². The molecule has 0 rings (SSSR count). The van der Waals surface area contributed by atoms with Gasteiger partial charge >= 0.3 is 0 Å². The molecule has 0 aliphatic carbocycles. The van der Waals surface area contributed by atoms with Crippen molar-refractivity contribution in [1.82, 2.24) is 0 Å². The van der Waals surface area contributed by atoms with Crippen LogP contribution in [-0.2, 0) is 19.0 Å². The van der Waals surface area contributed by atoms with E-state index in [4.69, 9.17) is 4.74 Å². The molecule has 0 aliphatic rings. The van der Waals surface area contributed by atoms with E-state index in [1.54, 1.807) is 0 Å². The highest BCUT2D eigenvalue weighted by Gasteiger charge is 2.08. The Labute approximate surface area is 67.6 Å². The minimum absolute atomic E-state index is 0.103. The molecule has 5 heteroatoms. The van der Waals surface area contributed by atoms with Gasteiger partial charge < -0.3 is 4.74 Å². The van der Waals surface area contributed by atoms with Gasteiger partial charge in [0.1, 0.15) is 0 Å². The van der Waals surface area contributed by atoms with Crippen LogP contribution in [0.5, 0.6) is 0 Å². The van der Waals surface area contributed by atoms with Gasteiger partial charge in [0.05, 0.1) is 19.0 Å². The van der Waals surface area contributed by atoms with E-state index >= 15 is 0 Å². The van der Waals surface area contributed by atoms with Crippen LogP contribution in [0.3, 0.4) is 0 Å². The van der Waals surface area contributed by atoms with Gasteiger partial charge in [-0.2, -0.15) is 8.42 Å². The van der Waals surface area contributed by atoms with Crippen LogP contribution in [0.1, 0.15) is 13.3 Å². The van der Waals surface area contributed by atoms with Gasteiger partial charge in [-0.3, -0.25) is 4.18 Å². The molecule has 0 fully saturated rings. The fourth-order valence-corrected chi connectivity index (χ4v) is 0.951. The molecular formula is C6H14O4S. The van der Waals surface area contributed by atoms with Gasteiger partial charge in [0, 0.05) is 7.11 Å². The monoisotopic (exact) mass is 182 g/mol. The molecule has 0 aromatic heterocycles. The summed E-state index contributed by atoms with van der Waals surface area (Å²) >= 11 is 0. The molecule has 0 aromatic carbocycles. The number of methoxy groups -OCH3 is 1. The molecule has 0 aliphatic heterocycles. The van der Waals surface area contributed by atoms with Gasteiger partial charge in [-0.25, -0.2) is 0 Å². The largest absolute Gasteiger partial charge is 0.379 e. The fraction of sp³-hybridized carbons (Fsp3) is 1.00. The maximum atomic E-state index is 10.5. The van der Waals surface area contributed by atoms with Crippen LogP contribution in [0.25, 0.3) is 0 Å². The average Bonchev–Trinajstić information content (AvgIpc) is 1.88. The maximum Gasteiger partial charge on any atom is 0.264 e. The second-order valence-corrected chi connectivity index (χ2v) is 3.90. The van der Waals surface area contributed by atoms with E-state index in [-0.39, 0.29) is 12.7 Å². The van der Waals surface area contributed by atoms with Gasteiger partial charge in [0.2, 0.25) is 0 Å². The summed E-state index contributed by atoms with van der Waals surface area (Å²) in [6.45, 7) is 2.01. The quantitative estimate of drug-likeness (QED) is 0.577. The van der Waals surface area contributed by atoms with Crippen LogP contribution < -0.4 is 0 Å². The molecule has 0 radical (unpaired) electrons. The van der Waals surface area contributed by atoms with E-state index in [1.807, 2.05) is 6.92 Å². The zero-order chi connectivity index (χ0) is 8.91. The summed E-state index contributed by atoms with van der Waals surface area (Å²) in [7, 11) is -1.79.